The zero-order valence-corrected chi connectivity index (χ0v) is 18.9. The number of aromatic nitrogens is 2. The highest BCUT2D eigenvalue weighted by Crippen LogP contribution is 2.32. The van der Waals surface area contributed by atoms with Crippen LogP contribution in [0.3, 0.4) is 0 Å². The Hall–Kier alpha value is -3.76. The van der Waals surface area contributed by atoms with Crippen LogP contribution in [0.1, 0.15) is 37.7 Å². The summed E-state index contributed by atoms with van der Waals surface area (Å²) in [6, 6.07) is 19.6. The van der Waals surface area contributed by atoms with Crippen molar-refractivity contribution in [3.63, 3.8) is 0 Å². The van der Waals surface area contributed by atoms with Gasteiger partial charge in [0.15, 0.2) is 11.9 Å². The van der Waals surface area contributed by atoms with E-state index in [1.807, 2.05) is 42.5 Å². The van der Waals surface area contributed by atoms with E-state index in [0.29, 0.717) is 11.4 Å². The number of alkyl halides is 3. The van der Waals surface area contributed by atoms with Gasteiger partial charge in [-0.25, -0.2) is 4.98 Å². The van der Waals surface area contributed by atoms with Crippen LogP contribution in [0.15, 0.2) is 66.7 Å². The molecule has 7 heteroatoms. The van der Waals surface area contributed by atoms with Crippen molar-refractivity contribution in [3.05, 3.63) is 83.7 Å². The van der Waals surface area contributed by atoms with Crippen molar-refractivity contribution in [1.29, 1.82) is 0 Å². The summed E-state index contributed by atoms with van der Waals surface area (Å²) in [6.45, 7) is 4.47. The van der Waals surface area contributed by atoms with Crippen molar-refractivity contribution in [2.24, 2.45) is 0 Å². The van der Waals surface area contributed by atoms with Gasteiger partial charge in [0.05, 0.1) is 16.6 Å². The van der Waals surface area contributed by atoms with Crippen molar-refractivity contribution in [3.8, 4) is 28.7 Å². The Morgan fingerprint density at radius 2 is 1.68 bits per heavy atom. The maximum Gasteiger partial charge on any atom is 0.425 e. The molecule has 0 radical (unpaired) electrons. The predicted octanol–water partition coefficient (Wildman–Crippen LogP) is 6.19. The van der Waals surface area contributed by atoms with E-state index < -0.39 is 17.9 Å². The smallest absolute Gasteiger partial charge is 0.425 e. The Bertz CT molecular complexity index is 1370. The number of nitrogens with zero attached hydrogens (tertiary/aromatic N) is 1. The van der Waals surface area contributed by atoms with Crippen LogP contribution in [-0.4, -0.2) is 27.4 Å². The average molecular weight is 464 g/mol. The second-order valence-electron chi connectivity index (χ2n) is 8.50. The third kappa shape index (κ3) is 5.24. The molecule has 0 saturated carbocycles. The summed E-state index contributed by atoms with van der Waals surface area (Å²) >= 11 is 0. The van der Waals surface area contributed by atoms with Gasteiger partial charge in [0.25, 0.3) is 0 Å². The van der Waals surface area contributed by atoms with Gasteiger partial charge in [0.1, 0.15) is 5.75 Å². The highest BCUT2D eigenvalue weighted by Gasteiger charge is 2.38. The first-order chi connectivity index (χ1) is 16.0. The summed E-state index contributed by atoms with van der Waals surface area (Å²) in [5.74, 6) is 6.50. The lowest BCUT2D eigenvalue weighted by Crippen LogP contribution is -2.31. The number of H-pyrrole nitrogens is 1. The maximum absolute atomic E-state index is 12.6. The van der Waals surface area contributed by atoms with E-state index in [9.17, 15) is 18.3 Å². The molecular formula is C27H23F3N2O2. The highest BCUT2D eigenvalue weighted by molar-refractivity contribution is 5.83. The van der Waals surface area contributed by atoms with E-state index in [1.165, 1.54) is 12.1 Å². The predicted molar refractivity (Wildman–Crippen MR) is 125 cm³/mol. The number of fused-ring (bicyclic) bond motifs is 1. The first-order valence-corrected chi connectivity index (χ1v) is 10.7. The van der Waals surface area contributed by atoms with Crippen LogP contribution in [0, 0.1) is 11.8 Å². The quantitative estimate of drug-likeness (QED) is 0.354. The number of rotatable bonds is 4. The number of hydrogen-bond donors (Lipinski definition) is 2. The molecule has 0 spiro atoms. The topological polar surface area (TPSA) is 58.1 Å². The van der Waals surface area contributed by atoms with Crippen LogP contribution in [0.5, 0.6) is 5.75 Å². The van der Waals surface area contributed by atoms with Gasteiger partial charge in [-0.3, -0.25) is 0 Å². The van der Waals surface area contributed by atoms with E-state index in [-0.39, 0.29) is 5.75 Å². The molecule has 2 N–H and O–H groups in total. The molecule has 34 heavy (non-hydrogen) atoms. The minimum absolute atomic E-state index is 0.123. The molecule has 4 aromatic rings. The molecule has 0 aliphatic carbocycles. The van der Waals surface area contributed by atoms with Gasteiger partial charge in [-0.2, -0.15) is 13.2 Å². The maximum atomic E-state index is 12.6. The molecule has 3 aromatic carbocycles. The molecular weight excluding hydrogens is 441 g/mol. The van der Waals surface area contributed by atoms with E-state index in [2.05, 4.69) is 21.8 Å². The molecule has 0 amide bonds. The Kier molecular flexibility index (Phi) is 6.11. The molecule has 4 nitrogen and oxygen atoms in total. The third-order valence-corrected chi connectivity index (χ3v) is 5.33. The molecule has 0 fully saturated rings. The van der Waals surface area contributed by atoms with Crippen molar-refractivity contribution in [1.82, 2.24) is 9.97 Å². The number of imidazole rings is 1. The summed E-state index contributed by atoms with van der Waals surface area (Å²) in [6.07, 6.45) is -6.31. The van der Waals surface area contributed by atoms with Crippen molar-refractivity contribution >= 4 is 11.0 Å². The second kappa shape index (κ2) is 8.88. The first kappa shape index (κ1) is 23.4. The van der Waals surface area contributed by atoms with Crippen molar-refractivity contribution < 1.29 is 23.0 Å². The minimum Gasteiger partial charge on any atom is -0.481 e. The molecule has 1 atom stereocenters. The van der Waals surface area contributed by atoms with E-state index >= 15 is 0 Å². The highest BCUT2D eigenvalue weighted by atomic mass is 19.4. The summed E-state index contributed by atoms with van der Waals surface area (Å²) in [5, 5.41) is 10.5. The molecule has 1 heterocycles. The molecule has 0 bridgehead atoms. The van der Waals surface area contributed by atoms with Crippen LogP contribution >= 0.6 is 0 Å². The van der Waals surface area contributed by atoms with Gasteiger partial charge < -0.3 is 14.8 Å². The normalized spacial score (nSPS) is 12.8. The number of benzene rings is 3. The Balaban J connectivity index is 1.56. The van der Waals surface area contributed by atoms with Gasteiger partial charge in [-0.1, -0.05) is 36.3 Å². The molecule has 0 saturated heterocycles. The zero-order chi connectivity index (χ0) is 24.5. The lowest BCUT2D eigenvalue weighted by molar-refractivity contribution is -0.189. The summed E-state index contributed by atoms with van der Waals surface area (Å²) in [7, 11) is 0. The largest absolute Gasteiger partial charge is 0.481 e. The zero-order valence-electron chi connectivity index (χ0n) is 18.9. The van der Waals surface area contributed by atoms with Gasteiger partial charge in [0.2, 0.25) is 0 Å². The molecule has 0 aliphatic rings. The lowest BCUT2D eigenvalue weighted by Gasteiger charge is -2.21. The summed E-state index contributed by atoms with van der Waals surface area (Å²) in [5.41, 5.74) is 3.88. The monoisotopic (exact) mass is 464 g/mol. The van der Waals surface area contributed by atoms with Gasteiger partial charge >= 0.3 is 6.18 Å². The molecule has 4 rings (SSSR count). The number of ether oxygens (including phenoxy) is 1. The fourth-order valence-electron chi connectivity index (χ4n) is 3.52. The molecule has 0 aliphatic heterocycles. The number of hydrogen-bond acceptors (Lipinski definition) is 3. The number of halogens is 3. The first-order valence-electron chi connectivity index (χ1n) is 10.7. The fourth-order valence-corrected chi connectivity index (χ4v) is 3.52. The molecule has 1 aromatic heterocycles. The van der Waals surface area contributed by atoms with Crippen LogP contribution in [-0.2, 0) is 5.60 Å². The number of aliphatic hydroxyl groups is 1. The summed E-state index contributed by atoms with van der Waals surface area (Å²) in [4.78, 5) is 7.68. The van der Waals surface area contributed by atoms with E-state index in [1.54, 1.807) is 26.0 Å². The van der Waals surface area contributed by atoms with E-state index in [4.69, 9.17) is 4.74 Å². The Morgan fingerprint density at radius 3 is 2.35 bits per heavy atom. The van der Waals surface area contributed by atoms with Crippen LogP contribution in [0.25, 0.3) is 22.2 Å². The fraction of sp³-hybridized carbons (Fsp3) is 0.222. The van der Waals surface area contributed by atoms with Crippen LogP contribution in [0.4, 0.5) is 13.2 Å². The van der Waals surface area contributed by atoms with Crippen LogP contribution < -0.4 is 4.74 Å². The van der Waals surface area contributed by atoms with Gasteiger partial charge in [-0.05, 0) is 79.8 Å². The SMILES string of the molecule is CC(Oc1ccc(C#Cc2nc3ccc(-c4ccccc4C(C)(C)O)cc3[nH]2)cc1)C(F)(F)F. The Labute approximate surface area is 195 Å². The number of nitrogens with one attached hydrogen (secondary N) is 1. The van der Waals surface area contributed by atoms with E-state index in [0.717, 1.165) is 34.6 Å². The second-order valence-corrected chi connectivity index (χ2v) is 8.50. The molecule has 174 valence electrons. The summed E-state index contributed by atoms with van der Waals surface area (Å²) < 4.78 is 42.8. The van der Waals surface area contributed by atoms with Crippen molar-refractivity contribution in [2.45, 2.75) is 38.7 Å². The van der Waals surface area contributed by atoms with Gasteiger partial charge in [0, 0.05) is 5.56 Å². The minimum atomic E-state index is -4.42. The Morgan fingerprint density at radius 1 is 0.971 bits per heavy atom. The number of aromatic amines is 1. The van der Waals surface area contributed by atoms with Crippen LogP contribution in [0.2, 0.25) is 0 Å². The third-order valence-electron chi connectivity index (χ3n) is 5.33. The van der Waals surface area contributed by atoms with Gasteiger partial charge in [-0.15, -0.1) is 0 Å². The molecule has 1 unspecified atom stereocenters. The van der Waals surface area contributed by atoms with Crippen molar-refractivity contribution in [2.75, 3.05) is 0 Å². The average Bonchev–Trinajstić information content (AvgIpc) is 3.19. The lowest BCUT2D eigenvalue weighted by atomic mass is 9.89. The standard InChI is InChI=1S/C27H23F3N2O2/c1-17(27(28,29)30)34-20-12-8-18(9-13-20)10-15-25-31-23-14-11-19(16-24(23)32-25)21-6-4-5-7-22(21)26(2,3)33/h4-9,11-14,16-17,33H,1-3H3,(H,31,32).